The molecule has 0 saturated heterocycles. The van der Waals surface area contributed by atoms with E-state index in [1.165, 1.54) is 6.07 Å². The Morgan fingerprint density at radius 1 is 1.35 bits per heavy atom. The molecule has 1 aromatic rings. The van der Waals surface area contributed by atoms with Crippen molar-refractivity contribution in [3.05, 3.63) is 29.8 Å². The molecule has 0 radical (unpaired) electrons. The predicted molar refractivity (Wildman–Crippen MR) is 72.1 cm³/mol. The molecular weight excluding hydrogens is 265 g/mol. The second-order valence-electron chi connectivity index (χ2n) is 5.56. The highest BCUT2D eigenvalue weighted by Crippen LogP contribution is 2.41. The van der Waals surface area contributed by atoms with Crippen LogP contribution in [0.2, 0.25) is 0 Å². The first-order valence-electron chi connectivity index (χ1n) is 7.23. The molecule has 112 valence electrons. The lowest BCUT2D eigenvalue weighted by atomic mass is 9.80. The Kier molecular flexibility index (Phi) is 5.02. The van der Waals surface area contributed by atoms with E-state index in [2.05, 4.69) is 10.3 Å². The van der Waals surface area contributed by atoms with E-state index < -0.39 is 5.92 Å². The van der Waals surface area contributed by atoms with E-state index in [4.69, 9.17) is 0 Å². The van der Waals surface area contributed by atoms with Crippen LogP contribution >= 0.6 is 0 Å². The summed E-state index contributed by atoms with van der Waals surface area (Å²) < 4.78 is 39.9. The van der Waals surface area contributed by atoms with Crippen molar-refractivity contribution in [2.45, 2.75) is 51.0 Å². The molecule has 1 N–H and O–H groups in total. The molecule has 1 unspecified atom stereocenters. The van der Waals surface area contributed by atoms with E-state index in [1.54, 1.807) is 6.20 Å². The molecule has 20 heavy (non-hydrogen) atoms. The molecule has 0 amide bonds. The van der Waals surface area contributed by atoms with Crippen molar-refractivity contribution in [1.82, 2.24) is 10.3 Å². The van der Waals surface area contributed by atoms with Crippen LogP contribution in [-0.2, 0) is 0 Å². The molecule has 1 heterocycles. The van der Waals surface area contributed by atoms with Crippen LogP contribution in [0.15, 0.2) is 18.5 Å². The first-order chi connectivity index (χ1) is 9.52. The molecule has 1 saturated carbocycles. The van der Waals surface area contributed by atoms with E-state index in [-0.39, 0.29) is 30.6 Å². The van der Waals surface area contributed by atoms with Crippen LogP contribution in [0.1, 0.15) is 50.6 Å². The average molecular weight is 286 g/mol. The Hall–Kier alpha value is -1.10. The van der Waals surface area contributed by atoms with Crippen molar-refractivity contribution < 1.29 is 13.2 Å². The monoisotopic (exact) mass is 286 g/mol. The predicted octanol–water partition coefficient (Wildman–Crippen LogP) is 4.09. The number of halogens is 3. The van der Waals surface area contributed by atoms with Crippen molar-refractivity contribution >= 4 is 0 Å². The van der Waals surface area contributed by atoms with Gasteiger partial charge >= 0.3 is 0 Å². The van der Waals surface area contributed by atoms with Gasteiger partial charge in [0, 0.05) is 25.1 Å². The maximum absolute atomic E-state index is 13.3. The summed E-state index contributed by atoms with van der Waals surface area (Å²) in [5.74, 6) is -2.80. The zero-order chi connectivity index (χ0) is 14.6. The van der Waals surface area contributed by atoms with Gasteiger partial charge in [-0.3, -0.25) is 4.98 Å². The minimum absolute atomic E-state index is 0.0787. The van der Waals surface area contributed by atoms with Crippen LogP contribution in [0.3, 0.4) is 0 Å². The van der Waals surface area contributed by atoms with Gasteiger partial charge in [-0.05, 0) is 43.4 Å². The summed E-state index contributed by atoms with van der Waals surface area (Å²) in [6, 6.07) is 1.36. The minimum Gasteiger partial charge on any atom is -0.310 e. The summed E-state index contributed by atoms with van der Waals surface area (Å²) in [6.07, 6.45) is 4.51. The number of pyridine rings is 1. The second kappa shape index (κ2) is 6.57. The summed E-state index contributed by atoms with van der Waals surface area (Å²) >= 11 is 0. The normalized spacial score (nSPS) is 20.8. The lowest BCUT2D eigenvalue weighted by Gasteiger charge is -2.34. The zero-order valence-corrected chi connectivity index (χ0v) is 11.7. The van der Waals surface area contributed by atoms with E-state index in [1.807, 2.05) is 6.92 Å². The molecular formula is C15H21F3N2. The van der Waals surface area contributed by atoms with Gasteiger partial charge in [-0.15, -0.1) is 0 Å². The maximum Gasteiger partial charge on any atom is 0.248 e. The molecule has 5 heteroatoms. The number of nitrogens with one attached hydrogen (secondary N) is 1. The zero-order valence-electron chi connectivity index (χ0n) is 11.7. The first kappa shape index (κ1) is 15.3. The summed E-state index contributed by atoms with van der Waals surface area (Å²) in [7, 11) is 0. The molecule has 0 bridgehead atoms. The number of rotatable bonds is 5. The van der Waals surface area contributed by atoms with Crippen LogP contribution < -0.4 is 5.32 Å². The highest BCUT2D eigenvalue weighted by Gasteiger charge is 2.37. The lowest BCUT2D eigenvalue weighted by Crippen LogP contribution is -2.34. The fourth-order valence-corrected chi connectivity index (χ4v) is 2.85. The standard InChI is InChI=1S/C15H21F3N2/c1-2-7-20-14(12-8-13(16)10-19-9-12)11-3-5-15(17,18)6-4-11/h8-11,14,20H,2-7H2,1H3. The van der Waals surface area contributed by atoms with E-state index >= 15 is 0 Å². The average Bonchev–Trinajstić information content (AvgIpc) is 2.41. The molecule has 2 nitrogen and oxygen atoms in total. The highest BCUT2D eigenvalue weighted by atomic mass is 19.3. The summed E-state index contributed by atoms with van der Waals surface area (Å²) in [4.78, 5) is 3.87. The van der Waals surface area contributed by atoms with Gasteiger partial charge in [-0.2, -0.15) is 0 Å². The molecule has 1 atom stereocenters. The number of hydrogen-bond acceptors (Lipinski definition) is 2. The number of alkyl halides is 2. The quantitative estimate of drug-likeness (QED) is 0.882. The van der Waals surface area contributed by atoms with Gasteiger partial charge in [0.05, 0.1) is 6.20 Å². The van der Waals surface area contributed by atoms with Gasteiger partial charge in [-0.25, -0.2) is 13.2 Å². The number of aromatic nitrogens is 1. The second-order valence-corrected chi connectivity index (χ2v) is 5.56. The van der Waals surface area contributed by atoms with E-state index in [0.717, 1.165) is 24.7 Å². The fraction of sp³-hybridized carbons (Fsp3) is 0.667. The fourth-order valence-electron chi connectivity index (χ4n) is 2.85. The topological polar surface area (TPSA) is 24.9 Å². The highest BCUT2D eigenvalue weighted by molar-refractivity contribution is 5.16. The third kappa shape index (κ3) is 3.95. The van der Waals surface area contributed by atoms with Crippen LogP contribution in [0, 0.1) is 11.7 Å². The van der Waals surface area contributed by atoms with Crippen LogP contribution in [0.5, 0.6) is 0 Å². The molecule has 2 rings (SSSR count). The summed E-state index contributed by atoms with van der Waals surface area (Å²) in [5.41, 5.74) is 0.758. The number of hydrogen-bond donors (Lipinski definition) is 1. The smallest absolute Gasteiger partial charge is 0.248 e. The van der Waals surface area contributed by atoms with Gasteiger partial charge in [-0.1, -0.05) is 6.92 Å². The molecule has 0 spiro atoms. The van der Waals surface area contributed by atoms with E-state index in [0.29, 0.717) is 12.8 Å². The third-order valence-corrected chi connectivity index (χ3v) is 3.93. The van der Waals surface area contributed by atoms with E-state index in [9.17, 15) is 13.2 Å². The maximum atomic E-state index is 13.3. The van der Waals surface area contributed by atoms with Crippen molar-refractivity contribution in [1.29, 1.82) is 0 Å². The van der Waals surface area contributed by atoms with Gasteiger partial charge in [0.15, 0.2) is 0 Å². The van der Waals surface area contributed by atoms with Gasteiger partial charge in [0.1, 0.15) is 5.82 Å². The molecule has 0 aromatic carbocycles. The van der Waals surface area contributed by atoms with Crippen molar-refractivity contribution in [2.24, 2.45) is 5.92 Å². The molecule has 1 aliphatic rings. The van der Waals surface area contributed by atoms with Crippen LogP contribution in [0.4, 0.5) is 13.2 Å². The summed E-state index contributed by atoms with van der Waals surface area (Å²) in [6.45, 7) is 2.83. The Morgan fingerprint density at radius 2 is 2.05 bits per heavy atom. The lowest BCUT2D eigenvalue weighted by molar-refractivity contribution is -0.0497. The van der Waals surface area contributed by atoms with Crippen LogP contribution in [0.25, 0.3) is 0 Å². The van der Waals surface area contributed by atoms with Gasteiger partial charge < -0.3 is 5.32 Å². The Morgan fingerprint density at radius 3 is 2.65 bits per heavy atom. The largest absolute Gasteiger partial charge is 0.310 e. The SMILES string of the molecule is CCCNC(c1cncc(F)c1)C1CCC(F)(F)CC1. The molecule has 1 fully saturated rings. The van der Waals surface area contributed by atoms with Gasteiger partial charge in [0.2, 0.25) is 5.92 Å². The molecule has 1 aliphatic carbocycles. The van der Waals surface area contributed by atoms with Crippen molar-refractivity contribution in [3.8, 4) is 0 Å². The van der Waals surface area contributed by atoms with Crippen molar-refractivity contribution in [3.63, 3.8) is 0 Å². The van der Waals surface area contributed by atoms with Crippen molar-refractivity contribution in [2.75, 3.05) is 6.54 Å². The Bertz CT molecular complexity index is 427. The Balaban J connectivity index is 2.11. The molecule has 1 aromatic heterocycles. The molecule has 0 aliphatic heterocycles. The summed E-state index contributed by atoms with van der Waals surface area (Å²) in [5, 5.41) is 3.36. The van der Waals surface area contributed by atoms with Gasteiger partial charge in [0.25, 0.3) is 0 Å². The van der Waals surface area contributed by atoms with Crippen LogP contribution in [-0.4, -0.2) is 17.5 Å². The first-order valence-corrected chi connectivity index (χ1v) is 7.23. The number of nitrogens with zero attached hydrogens (tertiary/aromatic N) is 1. The third-order valence-electron chi connectivity index (χ3n) is 3.93. The minimum atomic E-state index is -2.54. The Labute approximate surface area is 117 Å².